The molecule has 0 atom stereocenters. The molecular weight excluding hydrogens is 511 g/mol. The number of ether oxygens (including phenoxy) is 5. The fourth-order valence-corrected chi connectivity index (χ4v) is 3.38. The van der Waals surface area contributed by atoms with Gasteiger partial charge in [-0.15, -0.1) is 0 Å². The quantitative estimate of drug-likeness (QED) is 0.173. The molecule has 0 radical (unpaired) electrons. The first-order valence-electron chi connectivity index (χ1n) is 10.4. The number of amides is 1. The van der Waals surface area contributed by atoms with Crippen molar-refractivity contribution in [3.05, 3.63) is 75.8 Å². The number of benzene rings is 3. The molecule has 3 aromatic carbocycles. The molecule has 0 aromatic heterocycles. The standard InChI is InChI=1S/C25H22Cl2N2O7/c1-32-20-8-5-16(11-23(20)34-3)25(31)36-21-7-4-15(10-22(21)33-2)13-28-29-24(30)14-35-19-9-6-17(26)12-18(19)27/h4-13H,14H2,1-3H3,(H,29,30)/b28-13+. The van der Waals surface area contributed by atoms with Gasteiger partial charge in [-0.25, -0.2) is 10.2 Å². The second-order valence-electron chi connectivity index (χ2n) is 7.03. The average molecular weight is 533 g/mol. The molecule has 0 aliphatic heterocycles. The molecule has 11 heteroatoms. The highest BCUT2D eigenvalue weighted by Crippen LogP contribution is 2.31. The maximum absolute atomic E-state index is 12.6. The fraction of sp³-hybridized carbons (Fsp3) is 0.160. The molecule has 0 bridgehead atoms. The van der Waals surface area contributed by atoms with Crippen molar-refractivity contribution in [2.24, 2.45) is 5.10 Å². The van der Waals surface area contributed by atoms with Gasteiger partial charge in [-0.05, 0) is 60.2 Å². The molecule has 9 nitrogen and oxygen atoms in total. The minimum Gasteiger partial charge on any atom is -0.493 e. The van der Waals surface area contributed by atoms with Crippen LogP contribution in [0, 0.1) is 0 Å². The molecule has 36 heavy (non-hydrogen) atoms. The summed E-state index contributed by atoms with van der Waals surface area (Å²) >= 11 is 11.8. The number of hydrogen-bond donors (Lipinski definition) is 1. The first kappa shape index (κ1) is 26.7. The van der Waals surface area contributed by atoms with Gasteiger partial charge < -0.3 is 23.7 Å². The molecular formula is C25H22Cl2N2O7. The number of nitrogens with zero attached hydrogens (tertiary/aromatic N) is 1. The molecule has 188 valence electrons. The molecule has 0 fully saturated rings. The molecule has 0 heterocycles. The topological polar surface area (TPSA) is 105 Å². The van der Waals surface area contributed by atoms with Crippen molar-refractivity contribution in [2.45, 2.75) is 0 Å². The number of halogens is 2. The first-order chi connectivity index (χ1) is 17.3. The molecule has 1 N–H and O–H groups in total. The van der Waals surface area contributed by atoms with E-state index in [4.69, 9.17) is 46.9 Å². The predicted octanol–water partition coefficient (Wildman–Crippen LogP) is 4.77. The van der Waals surface area contributed by atoms with Crippen LogP contribution in [0.2, 0.25) is 10.0 Å². The Morgan fingerprint density at radius 3 is 2.19 bits per heavy atom. The van der Waals surface area contributed by atoms with E-state index in [0.29, 0.717) is 33.6 Å². The smallest absolute Gasteiger partial charge is 0.343 e. The van der Waals surface area contributed by atoms with E-state index in [9.17, 15) is 9.59 Å². The van der Waals surface area contributed by atoms with Gasteiger partial charge in [0.05, 0.1) is 38.1 Å². The van der Waals surface area contributed by atoms with Crippen LogP contribution >= 0.6 is 23.2 Å². The lowest BCUT2D eigenvalue weighted by Crippen LogP contribution is -2.24. The highest BCUT2D eigenvalue weighted by molar-refractivity contribution is 6.35. The minimum atomic E-state index is -0.608. The highest BCUT2D eigenvalue weighted by atomic mass is 35.5. The molecule has 0 aliphatic rings. The van der Waals surface area contributed by atoms with Gasteiger partial charge in [0.2, 0.25) is 0 Å². The number of methoxy groups -OCH3 is 3. The lowest BCUT2D eigenvalue weighted by molar-refractivity contribution is -0.123. The fourth-order valence-electron chi connectivity index (χ4n) is 2.92. The summed E-state index contributed by atoms with van der Waals surface area (Å²) in [7, 11) is 4.41. The summed E-state index contributed by atoms with van der Waals surface area (Å²) in [5.74, 6) is 0.597. The Morgan fingerprint density at radius 2 is 1.50 bits per heavy atom. The van der Waals surface area contributed by atoms with E-state index in [1.54, 1.807) is 42.5 Å². The SMILES string of the molecule is COc1ccc(C(=O)Oc2ccc(/C=N/NC(=O)COc3ccc(Cl)cc3Cl)cc2OC)cc1OC. The van der Waals surface area contributed by atoms with E-state index in [1.165, 1.54) is 39.7 Å². The zero-order chi connectivity index (χ0) is 26.1. The van der Waals surface area contributed by atoms with E-state index >= 15 is 0 Å². The van der Waals surface area contributed by atoms with Crippen molar-refractivity contribution < 1.29 is 33.3 Å². The number of rotatable bonds is 10. The number of hydrogen-bond acceptors (Lipinski definition) is 8. The van der Waals surface area contributed by atoms with E-state index in [2.05, 4.69) is 10.5 Å². The maximum Gasteiger partial charge on any atom is 0.343 e. The van der Waals surface area contributed by atoms with Crippen molar-refractivity contribution >= 4 is 41.3 Å². The Kier molecular flexibility index (Phi) is 9.38. The summed E-state index contributed by atoms with van der Waals surface area (Å²) in [4.78, 5) is 24.6. The molecule has 1 amide bonds. The molecule has 0 saturated heterocycles. The second kappa shape index (κ2) is 12.7. The zero-order valence-corrected chi connectivity index (χ0v) is 21.1. The van der Waals surface area contributed by atoms with Gasteiger partial charge in [0.25, 0.3) is 5.91 Å². The molecule has 0 spiro atoms. The summed E-state index contributed by atoms with van der Waals surface area (Å²) in [6.45, 7) is -0.299. The van der Waals surface area contributed by atoms with Crippen molar-refractivity contribution in [1.29, 1.82) is 0 Å². The lowest BCUT2D eigenvalue weighted by Gasteiger charge is -2.11. The maximum atomic E-state index is 12.6. The summed E-state index contributed by atoms with van der Waals surface area (Å²) in [6, 6.07) is 14.1. The van der Waals surface area contributed by atoms with E-state index in [1.807, 2.05) is 0 Å². The third kappa shape index (κ3) is 7.03. The van der Waals surface area contributed by atoms with Crippen LogP contribution in [0.1, 0.15) is 15.9 Å². The highest BCUT2D eigenvalue weighted by Gasteiger charge is 2.15. The van der Waals surface area contributed by atoms with Crippen LogP contribution in [0.25, 0.3) is 0 Å². The number of esters is 1. The van der Waals surface area contributed by atoms with Crippen molar-refractivity contribution in [3.8, 4) is 28.7 Å². The molecule has 0 unspecified atom stereocenters. The third-order valence-electron chi connectivity index (χ3n) is 4.67. The number of hydrazone groups is 1. The van der Waals surface area contributed by atoms with Crippen molar-refractivity contribution in [3.63, 3.8) is 0 Å². The second-order valence-corrected chi connectivity index (χ2v) is 7.87. The van der Waals surface area contributed by atoms with Crippen LogP contribution in [0.15, 0.2) is 59.7 Å². The van der Waals surface area contributed by atoms with Crippen LogP contribution in [0.5, 0.6) is 28.7 Å². The van der Waals surface area contributed by atoms with Gasteiger partial charge in [-0.2, -0.15) is 5.10 Å². The molecule has 3 aromatic rings. The van der Waals surface area contributed by atoms with Crippen molar-refractivity contribution in [2.75, 3.05) is 27.9 Å². The van der Waals surface area contributed by atoms with Gasteiger partial charge in [-0.3, -0.25) is 4.79 Å². The van der Waals surface area contributed by atoms with Crippen LogP contribution in [0.4, 0.5) is 0 Å². The summed E-state index contributed by atoms with van der Waals surface area (Å²) < 4.78 is 26.5. The summed E-state index contributed by atoms with van der Waals surface area (Å²) in [5, 5.41) is 4.64. The Labute approximate surface area is 217 Å². The van der Waals surface area contributed by atoms with Crippen LogP contribution in [-0.4, -0.2) is 46.0 Å². The molecule has 3 rings (SSSR count). The summed E-state index contributed by atoms with van der Waals surface area (Å²) in [6.07, 6.45) is 1.40. The predicted molar refractivity (Wildman–Crippen MR) is 135 cm³/mol. The monoisotopic (exact) mass is 532 g/mol. The van der Waals surface area contributed by atoms with Crippen LogP contribution in [0.3, 0.4) is 0 Å². The van der Waals surface area contributed by atoms with E-state index < -0.39 is 11.9 Å². The van der Waals surface area contributed by atoms with Crippen molar-refractivity contribution in [1.82, 2.24) is 5.43 Å². The van der Waals surface area contributed by atoms with Gasteiger partial charge >= 0.3 is 5.97 Å². The Bertz CT molecular complexity index is 1280. The largest absolute Gasteiger partial charge is 0.493 e. The minimum absolute atomic E-state index is 0.201. The lowest BCUT2D eigenvalue weighted by atomic mass is 10.2. The molecule has 0 aliphatic carbocycles. The van der Waals surface area contributed by atoms with Gasteiger partial charge in [-0.1, -0.05) is 23.2 Å². The first-order valence-corrected chi connectivity index (χ1v) is 11.1. The zero-order valence-electron chi connectivity index (χ0n) is 19.5. The van der Waals surface area contributed by atoms with Crippen LogP contribution < -0.4 is 29.1 Å². The Hall–Kier alpha value is -3.95. The summed E-state index contributed by atoms with van der Waals surface area (Å²) in [5.41, 5.74) is 3.20. The van der Waals surface area contributed by atoms with Crippen LogP contribution in [-0.2, 0) is 4.79 Å². The third-order valence-corrected chi connectivity index (χ3v) is 5.20. The number of nitrogens with one attached hydrogen (secondary N) is 1. The average Bonchev–Trinajstić information content (AvgIpc) is 2.88. The number of carbonyl (C=O) groups excluding carboxylic acids is 2. The Morgan fingerprint density at radius 1 is 0.833 bits per heavy atom. The Balaban J connectivity index is 1.60. The van der Waals surface area contributed by atoms with Gasteiger partial charge in [0, 0.05) is 5.02 Å². The van der Waals surface area contributed by atoms with E-state index in [0.717, 1.165) is 0 Å². The van der Waals surface area contributed by atoms with Gasteiger partial charge in [0.15, 0.2) is 29.6 Å². The van der Waals surface area contributed by atoms with E-state index in [-0.39, 0.29) is 22.9 Å². The number of carbonyl (C=O) groups is 2. The normalized spacial score (nSPS) is 10.6. The molecule has 0 saturated carbocycles. The van der Waals surface area contributed by atoms with Gasteiger partial charge in [0.1, 0.15) is 5.75 Å².